The van der Waals surface area contributed by atoms with Crippen LogP contribution in [0.2, 0.25) is 0 Å². The van der Waals surface area contributed by atoms with Crippen molar-refractivity contribution in [3.63, 3.8) is 0 Å². The fourth-order valence-corrected chi connectivity index (χ4v) is 3.98. The Kier molecular flexibility index (Phi) is 5.32. The zero-order chi connectivity index (χ0) is 17.8. The SMILES string of the molecule is COCC1=CC(c2cc(NC3CCNCC3)c3cnccc3c2)CC=C1. The summed E-state index contributed by atoms with van der Waals surface area (Å²) < 4.78 is 5.31. The van der Waals surface area contributed by atoms with Crippen molar-refractivity contribution >= 4 is 16.5 Å². The van der Waals surface area contributed by atoms with Gasteiger partial charge < -0.3 is 15.4 Å². The number of benzene rings is 1. The van der Waals surface area contributed by atoms with Gasteiger partial charge in [-0.15, -0.1) is 0 Å². The summed E-state index contributed by atoms with van der Waals surface area (Å²) in [7, 11) is 1.75. The summed E-state index contributed by atoms with van der Waals surface area (Å²) in [5.74, 6) is 0.399. The van der Waals surface area contributed by atoms with E-state index in [9.17, 15) is 0 Å². The van der Waals surface area contributed by atoms with E-state index in [1.807, 2.05) is 12.4 Å². The van der Waals surface area contributed by atoms with Gasteiger partial charge in [-0.25, -0.2) is 0 Å². The van der Waals surface area contributed by atoms with Gasteiger partial charge in [0.15, 0.2) is 0 Å². The fourth-order valence-electron chi connectivity index (χ4n) is 3.98. The highest BCUT2D eigenvalue weighted by Gasteiger charge is 2.17. The molecule has 1 unspecified atom stereocenters. The molecule has 2 aromatic rings. The van der Waals surface area contributed by atoms with E-state index in [1.165, 1.54) is 27.6 Å². The molecule has 1 atom stereocenters. The van der Waals surface area contributed by atoms with Crippen LogP contribution in [0.3, 0.4) is 0 Å². The summed E-state index contributed by atoms with van der Waals surface area (Å²) in [6.07, 6.45) is 14.0. The first-order valence-corrected chi connectivity index (χ1v) is 9.54. The number of nitrogens with zero attached hydrogens (tertiary/aromatic N) is 1. The van der Waals surface area contributed by atoms with Gasteiger partial charge in [0.2, 0.25) is 0 Å². The third-order valence-corrected chi connectivity index (χ3v) is 5.35. The van der Waals surface area contributed by atoms with E-state index in [4.69, 9.17) is 4.74 Å². The zero-order valence-corrected chi connectivity index (χ0v) is 15.4. The highest BCUT2D eigenvalue weighted by atomic mass is 16.5. The first kappa shape index (κ1) is 17.3. The van der Waals surface area contributed by atoms with E-state index in [0.29, 0.717) is 18.6 Å². The van der Waals surface area contributed by atoms with Crippen LogP contribution in [0.1, 0.15) is 30.7 Å². The van der Waals surface area contributed by atoms with Crippen LogP contribution in [0, 0.1) is 0 Å². The minimum atomic E-state index is 0.399. The number of rotatable bonds is 5. The summed E-state index contributed by atoms with van der Waals surface area (Å²) in [5.41, 5.74) is 3.83. The average molecular weight is 349 g/mol. The predicted molar refractivity (Wildman–Crippen MR) is 108 cm³/mol. The van der Waals surface area contributed by atoms with E-state index in [1.54, 1.807) is 7.11 Å². The molecule has 0 bridgehead atoms. The molecule has 26 heavy (non-hydrogen) atoms. The topological polar surface area (TPSA) is 46.2 Å². The molecule has 0 spiro atoms. The van der Waals surface area contributed by atoms with Gasteiger partial charge in [-0.3, -0.25) is 4.98 Å². The largest absolute Gasteiger partial charge is 0.382 e. The second kappa shape index (κ2) is 8.02. The highest BCUT2D eigenvalue weighted by molar-refractivity contribution is 5.94. The quantitative estimate of drug-likeness (QED) is 0.856. The Morgan fingerprint density at radius 2 is 2.15 bits per heavy atom. The van der Waals surface area contributed by atoms with Crippen molar-refractivity contribution in [1.29, 1.82) is 0 Å². The van der Waals surface area contributed by atoms with E-state index in [0.717, 1.165) is 32.4 Å². The van der Waals surface area contributed by atoms with Crippen molar-refractivity contribution in [2.24, 2.45) is 0 Å². The molecular weight excluding hydrogens is 322 g/mol. The predicted octanol–water partition coefficient (Wildman–Crippen LogP) is 4.02. The molecule has 0 amide bonds. The Labute approximate surface area is 155 Å². The maximum atomic E-state index is 5.31. The molecule has 0 saturated carbocycles. The summed E-state index contributed by atoms with van der Waals surface area (Å²) in [6.45, 7) is 2.85. The molecule has 1 saturated heterocycles. The standard InChI is InChI=1S/C22H27N3O/c1-26-15-16-3-2-4-17(11-16)19-12-18-5-8-24-14-21(18)22(13-19)25-20-6-9-23-10-7-20/h2-3,5,8,11-14,17,20,23,25H,4,6-7,9-10,15H2,1H3. The molecule has 1 aromatic heterocycles. The summed E-state index contributed by atoms with van der Waals surface area (Å²) in [6, 6.07) is 7.29. The number of ether oxygens (including phenoxy) is 1. The number of anilines is 1. The average Bonchev–Trinajstić information content (AvgIpc) is 2.69. The highest BCUT2D eigenvalue weighted by Crippen LogP contribution is 2.34. The van der Waals surface area contributed by atoms with Gasteiger partial charge in [0.25, 0.3) is 0 Å². The molecule has 0 radical (unpaired) electrons. The normalized spacial score (nSPS) is 21.0. The number of allylic oxidation sites excluding steroid dienone is 2. The fraction of sp³-hybridized carbons (Fsp3) is 0.409. The Bertz CT molecular complexity index is 821. The lowest BCUT2D eigenvalue weighted by atomic mass is 9.88. The van der Waals surface area contributed by atoms with Crippen molar-refractivity contribution in [3.8, 4) is 0 Å². The summed E-state index contributed by atoms with van der Waals surface area (Å²) in [4.78, 5) is 4.35. The Balaban J connectivity index is 1.68. The van der Waals surface area contributed by atoms with Crippen molar-refractivity contribution in [2.45, 2.75) is 31.2 Å². The molecule has 1 aliphatic heterocycles. The van der Waals surface area contributed by atoms with Crippen LogP contribution in [0.25, 0.3) is 10.8 Å². The lowest BCUT2D eigenvalue weighted by Crippen LogP contribution is -2.35. The number of hydrogen-bond donors (Lipinski definition) is 2. The number of nitrogens with one attached hydrogen (secondary N) is 2. The maximum absolute atomic E-state index is 5.31. The Hall–Kier alpha value is -2.17. The number of hydrogen-bond acceptors (Lipinski definition) is 4. The van der Waals surface area contributed by atoms with Crippen LogP contribution in [-0.4, -0.2) is 37.8 Å². The summed E-state index contributed by atoms with van der Waals surface area (Å²) >= 11 is 0. The van der Waals surface area contributed by atoms with Crippen LogP contribution >= 0.6 is 0 Å². The maximum Gasteiger partial charge on any atom is 0.0710 e. The van der Waals surface area contributed by atoms with Gasteiger partial charge in [0.05, 0.1) is 6.61 Å². The molecule has 1 aliphatic carbocycles. The smallest absolute Gasteiger partial charge is 0.0710 e. The van der Waals surface area contributed by atoms with Gasteiger partial charge >= 0.3 is 0 Å². The Morgan fingerprint density at radius 1 is 1.27 bits per heavy atom. The number of piperidine rings is 1. The lowest BCUT2D eigenvalue weighted by Gasteiger charge is -2.26. The van der Waals surface area contributed by atoms with Crippen LogP contribution in [0.4, 0.5) is 5.69 Å². The van der Waals surface area contributed by atoms with E-state index >= 15 is 0 Å². The lowest BCUT2D eigenvalue weighted by molar-refractivity contribution is 0.227. The monoisotopic (exact) mass is 349 g/mol. The van der Waals surface area contributed by atoms with Gasteiger partial charge in [-0.1, -0.05) is 24.3 Å². The third-order valence-electron chi connectivity index (χ3n) is 5.35. The molecule has 2 aliphatic rings. The zero-order valence-electron chi connectivity index (χ0n) is 15.4. The molecular formula is C22H27N3O. The molecule has 4 heteroatoms. The second-order valence-electron chi connectivity index (χ2n) is 7.25. The molecule has 4 nitrogen and oxygen atoms in total. The van der Waals surface area contributed by atoms with E-state index in [-0.39, 0.29) is 0 Å². The van der Waals surface area contributed by atoms with Crippen molar-refractivity contribution in [1.82, 2.24) is 10.3 Å². The number of pyridine rings is 1. The van der Waals surface area contributed by atoms with Crippen molar-refractivity contribution < 1.29 is 4.74 Å². The number of methoxy groups -OCH3 is 1. The molecule has 1 fully saturated rings. The minimum Gasteiger partial charge on any atom is -0.382 e. The number of fused-ring (bicyclic) bond motifs is 1. The first-order chi connectivity index (χ1) is 12.8. The van der Waals surface area contributed by atoms with Crippen molar-refractivity contribution in [3.05, 3.63) is 60.0 Å². The van der Waals surface area contributed by atoms with Gasteiger partial charge in [-0.05, 0) is 61.0 Å². The van der Waals surface area contributed by atoms with Gasteiger partial charge in [0, 0.05) is 42.5 Å². The molecule has 4 rings (SSSR count). The molecule has 2 heterocycles. The van der Waals surface area contributed by atoms with Crippen LogP contribution < -0.4 is 10.6 Å². The third kappa shape index (κ3) is 3.81. The molecule has 1 aromatic carbocycles. The van der Waals surface area contributed by atoms with Crippen LogP contribution in [0.15, 0.2) is 54.4 Å². The molecule has 2 N–H and O–H groups in total. The minimum absolute atomic E-state index is 0.399. The van der Waals surface area contributed by atoms with Crippen LogP contribution in [0.5, 0.6) is 0 Å². The number of aromatic nitrogens is 1. The van der Waals surface area contributed by atoms with Crippen LogP contribution in [-0.2, 0) is 4.74 Å². The first-order valence-electron chi connectivity index (χ1n) is 9.54. The second-order valence-corrected chi connectivity index (χ2v) is 7.25. The van der Waals surface area contributed by atoms with E-state index in [2.05, 4.69) is 52.0 Å². The summed E-state index contributed by atoms with van der Waals surface area (Å²) in [5, 5.41) is 9.70. The van der Waals surface area contributed by atoms with Gasteiger partial charge in [0.1, 0.15) is 0 Å². The van der Waals surface area contributed by atoms with Gasteiger partial charge in [-0.2, -0.15) is 0 Å². The Morgan fingerprint density at radius 3 is 3.00 bits per heavy atom. The van der Waals surface area contributed by atoms with Crippen molar-refractivity contribution in [2.75, 3.05) is 32.1 Å². The van der Waals surface area contributed by atoms with E-state index < -0.39 is 0 Å². The molecule has 136 valence electrons.